The molecule has 2 aliphatic rings. The van der Waals surface area contributed by atoms with Gasteiger partial charge in [-0.2, -0.15) is 0 Å². The standard InChI is InChI=1S/C17H18N4O4/c1-9-10-4-5-21(15(10)20-7-19-9)16-14-13(24-17(2,3)25-14)12(23-16)11-6-18-8-22-11/h4-8,12-14,16H,1-3H3/t12-,13+,14+,16+/m0/s1. The molecule has 0 unspecified atom stereocenters. The molecule has 8 nitrogen and oxygen atoms in total. The number of rotatable bonds is 2. The van der Waals surface area contributed by atoms with E-state index in [1.807, 2.05) is 37.6 Å². The zero-order chi connectivity index (χ0) is 17.2. The number of hydrogen-bond acceptors (Lipinski definition) is 7. The minimum Gasteiger partial charge on any atom is -0.446 e. The van der Waals surface area contributed by atoms with Crippen LogP contribution in [-0.4, -0.2) is 37.5 Å². The summed E-state index contributed by atoms with van der Waals surface area (Å²) in [6, 6.07) is 1.99. The van der Waals surface area contributed by atoms with Crippen LogP contribution in [0.15, 0.2) is 35.6 Å². The van der Waals surface area contributed by atoms with Gasteiger partial charge in [0.1, 0.15) is 30.3 Å². The number of nitrogens with zero attached hydrogens (tertiary/aromatic N) is 4. The molecule has 8 heteroatoms. The maximum Gasteiger partial charge on any atom is 0.180 e. The van der Waals surface area contributed by atoms with Crippen LogP contribution in [0, 0.1) is 6.92 Å². The molecular formula is C17H18N4O4. The number of ether oxygens (including phenoxy) is 3. The molecule has 5 heterocycles. The summed E-state index contributed by atoms with van der Waals surface area (Å²) in [5, 5.41) is 0.990. The van der Waals surface area contributed by atoms with Crippen molar-refractivity contribution in [1.82, 2.24) is 19.5 Å². The first-order chi connectivity index (χ1) is 12.0. The fourth-order valence-corrected chi connectivity index (χ4v) is 3.70. The quantitative estimate of drug-likeness (QED) is 0.707. The molecule has 0 saturated carbocycles. The highest BCUT2D eigenvalue weighted by Gasteiger charge is 2.57. The molecule has 5 rings (SSSR count). The lowest BCUT2D eigenvalue weighted by molar-refractivity contribution is -0.199. The van der Waals surface area contributed by atoms with Gasteiger partial charge in [0.15, 0.2) is 24.2 Å². The minimum atomic E-state index is -0.691. The SMILES string of the molecule is Cc1ncnc2c1ccn2[C@@H]1O[C@@H](c2cnco2)[C@H]2OC(C)(C)O[C@H]21. The van der Waals surface area contributed by atoms with Crippen LogP contribution < -0.4 is 0 Å². The van der Waals surface area contributed by atoms with Crippen molar-refractivity contribution in [2.24, 2.45) is 0 Å². The third-order valence-corrected chi connectivity index (χ3v) is 4.74. The van der Waals surface area contributed by atoms with Gasteiger partial charge in [-0.15, -0.1) is 0 Å². The van der Waals surface area contributed by atoms with Crippen molar-refractivity contribution in [2.75, 3.05) is 0 Å². The molecule has 0 radical (unpaired) electrons. The van der Waals surface area contributed by atoms with Gasteiger partial charge < -0.3 is 23.2 Å². The monoisotopic (exact) mass is 342 g/mol. The molecule has 0 bridgehead atoms. The molecule has 2 saturated heterocycles. The molecule has 25 heavy (non-hydrogen) atoms. The van der Waals surface area contributed by atoms with Crippen LogP contribution in [0.1, 0.15) is 37.6 Å². The molecule has 0 amide bonds. The van der Waals surface area contributed by atoms with Crippen molar-refractivity contribution >= 4 is 11.0 Å². The molecule has 0 N–H and O–H groups in total. The number of aryl methyl sites for hydroxylation is 1. The summed E-state index contributed by atoms with van der Waals surface area (Å²) >= 11 is 0. The third kappa shape index (κ3) is 2.21. The van der Waals surface area contributed by atoms with Crippen LogP contribution in [-0.2, 0) is 14.2 Å². The second kappa shape index (κ2) is 5.10. The fraction of sp³-hybridized carbons (Fsp3) is 0.471. The summed E-state index contributed by atoms with van der Waals surface area (Å²) in [7, 11) is 0. The minimum absolute atomic E-state index is 0.282. The van der Waals surface area contributed by atoms with Crippen LogP contribution in [0.2, 0.25) is 0 Å². The first-order valence-corrected chi connectivity index (χ1v) is 8.21. The molecule has 3 aromatic rings. The first kappa shape index (κ1) is 15.0. The summed E-state index contributed by atoms with van der Waals surface area (Å²) in [6.07, 6.45) is 5.22. The van der Waals surface area contributed by atoms with Gasteiger partial charge in [0.25, 0.3) is 0 Å². The van der Waals surface area contributed by atoms with Crippen molar-refractivity contribution < 1.29 is 18.6 Å². The molecule has 0 spiro atoms. The van der Waals surface area contributed by atoms with Crippen LogP contribution in [0.25, 0.3) is 11.0 Å². The average molecular weight is 342 g/mol. The zero-order valence-corrected chi connectivity index (χ0v) is 14.1. The van der Waals surface area contributed by atoms with Gasteiger partial charge in [0.05, 0.1) is 11.9 Å². The van der Waals surface area contributed by atoms with E-state index in [1.54, 1.807) is 12.5 Å². The van der Waals surface area contributed by atoms with Crippen LogP contribution in [0.3, 0.4) is 0 Å². The van der Waals surface area contributed by atoms with Gasteiger partial charge >= 0.3 is 0 Å². The predicted molar refractivity (Wildman–Crippen MR) is 85.5 cm³/mol. The van der Waals surface area contributed by atoms with E-state index in [0.29, 0.717) is 5.76 Å². The Bertz CT molecular complexity index is 920. The van der Waals surface area contributed by atoms with E-state index in [9.17, 15) is 0 Å². The van der Waals surface area contributed by atoms with Gasteiger partial charge in [-0.25, -0.2) is 15.0 Å². The number of aromatic nitrogens is 4. The molecule has 0 aliphatic carbocycles. The molecule has 130 valence electrons. The van der Waals surface area contributed by atoms with E-state index < -0.39 is 5.79 Å². The smallest absolute Gasteiger partial charge is 0.180 e. The van der Waals surface area contributed by atoms with E-state index in [-0.39, 0.29) is 24.5 Å². The van der Waals surface area contributed by atoms with Gasteiger partial charge in [0, 0.05) is 11.6 Å². The van der Waals surface area contributed by atoms with Crippen molar-refractivity contribution in [3.8, 4) is 0 Å². The van der Waals surface area contributed by atoms with Gasteiger partial charge in [-0.1, -0.05) is 0 Å². The lowest BCUT2D eigenvalue weighted by Gasteiger charge is -2.24. The molecule has 2 fully saturated rings. The highest BCUT2D eigenvalue weighted by Crippen LogP contribution is 2.49. The fourth-order valence-electron chi connectivity index (χ4n) is 3.70. The summed E-state index contributed by atoms with van der Waals surface area (Å²) in [5.41, 5.74) is 1.73. The Morgan fingerprint density at radius 1 is 1.16 bits per heavy atom. The molecule has 4 atom stereocenters. The average Bonchev–Trinajstić information content (AvgIpc) is 3.30. The van der Waals surface area contributed by atoms with E-state index in [0.717, 1.165) is 16.7 Å². The Morgan fingerprint density at radius 3 is 2.80 bits per heavy atom. The van der Waals surface area contributed by atoms with Crippen molar-refractivity contribution in [2.45, 2.75) is 51.1 Å². The van der Waals surface area contributed by atoms with Gasteiger partial charge in [-0.3, -0.25) is 0 Å². The number of hydrogen-bond donors (Lipinski definition) is 0. The lowest BCUT2D eigenvalue weighted by atomic mass is 10.1. The molecule has 0 aromatic carbocycles. The van der Waals surface area contributed by atoms with Crippen molar-refractivity contribution in [1.29, 1.82) is 0 Å². The van der Waals surface area contributed by atoms with Crippen molar-refractivity contribution in [3.63, 3.8) is 0 Å². The van der Waals surface area contributed by atoms with Crippen LogP contribution in [0.5, 0.6) is 0 Å². The Labute approximate surface area is 143 Å². The second-order valence-electron chi connectivity index (χ2n) is 6.84. The summed E-state index contributed by atoms with van der Waals surface area (Å²) in [4.78, 5) is 12.7. The van der Waals surface area contributed by atoms with E-state index >= 15 is 0 Å². The third-order valence-electron chi connectivity index (χ3n) is 4.74. The maximum atomic E-state index is 6.28. The van der Waals surface area contributed by atoms with Crippen LogP contribution >= 0.6 is 0 Å². The Kier molecular flexibility index (Phi) is 3.06. The maximum absolute atomic E-state index is 6.28. The highest BCUT2D eigenvalue weighted by atomic mass is 16.8. The Balaban J connectivity index is 1.60. The largest absolute Gasteiger partial charge is 0.446 e. The molecule has 2 aliphatic heterocycles. The summed E-state index contributed by atoms with van der Waals surface area (Å²) in [5.74, 6) is -0.0650. The topological polar surface area (TPSA) is 84.4 Å². The normalized spacial score (nSPS) is 30.8. The number of fused-ring (bicyclic) bond motifs is 2. The molecular weight excluding hydrogens is 324 g/mol. The van der Waals surface area contributed by atoms with Crippen molar-refractivity contribution in [3.05, 3.63) is 42.6 Å². The van der Waals surface area contributed by atoms with Gasteiger partial charge in [0.2, 0.25) is 0 Å². The molecule has 3 aromatic heterocycles. The predicted octanol–water partition coefficient (Wildman–Crippen LogP) is 2.52. The van der Waals surface area contributed by atoms with Gasteiger partial charge in [-0.05, 0) is 26.8 Å². The van der Waals surface area contributed by atoms with E-state index in [1.165, 1.54) is 6.39 Å². The second-order valence-corrected chi connectivity index (χ2v) is 6.84. The summed E-state index contributed by atoms with van der Waals surface area (Å²) < 4.78 is 25.9. The summed E-state index contributed by atoms with van der Waals surface area (Å²) in [6.45, 7) is 5.77. The van der Waals surface area contributed by atoms with E-state index in [4.69, 9.17) is 18.6 Å². The Morgan fingerprint density at radius 2 is 2.00 bits per heavy atom. The van der Waals surface area contributed by atoms with E-state index in [2.05, 4.69) is 15.0 Å². The zero-order valence-electron chi connectivity index (χ0n) is 14.1. The van der Waals surface area contributed by atoms with Crippen LogP contribution in [0.4, 0.5) is 0 Å². The Hall–Kier alpha value is -2.29. The number of oxazole rings is 1. The lowest BCUT2D eigenvalue weighted by Crippen LogP contribution is -2.27. The first-order valence-electron chi connectivity index (χ1n) is 8.21. The highest BCUT2D eigenvalue weighted by molar-refractivity contribution is 5.78.